The number of rotatable bonds is 10. The van der Waals surface area contributed by atoms with Crippen LogP contribution in [0, 0.1) is 6.92 Å². The van der Waals surface area contributed by atoms with Crippen LogP contribution in [0.4, 0.5) is 4.79 Å². The fourth-order valence-electron chi connectivity index (χ4n) is 6.10. The topological polar surface area (TPSA) is 53.4 Å². The molecule has 2 saturated heterocycles. The number of benzene rings is 1. The van der Waals surface area contributed by atoms with Crippen LogP contribution in [-0.4, -0.2) is 57.1 Å². The van der Waals surface area contributed by atoms with Crippen LogP contribution < -0.4 is 5.32 Å². The largest absolute Gasteiger partial charge is 0.338 e. The number of nitrogens with zero attached hydrogens (tertiary/aromatic N) is 4. The van der Waals surface area contributed by atoms with Gasteiger partial charge in [-0.15, -0.1) is 0 Å². The molecule has 3 heterocycles. The van der Waals surface area contributed by atoms with Crippen molar-refractivity contribution in [2.24, 2.45) is 0 Å². The Bertz CT molecular complexity index is 1170. The molecule has 200 valence electrons. The summed E-state index contributed by atoms with van der Waals surface area (Å²) in [7, 11) is 0. The first-order valence-electron chi connectivity index (χ1n) is 13.8. The number of piperidine rings is 1. The Hall–Kier alpha value is -2.57. The van der Waals surface area contributed by atoms with E-state index in [4.69, 9.17) is 16.6 Å². The van der Waals surface area contributed by atoms with Gasteiger partial charge in [0.2, 0.25) is 0 Å². The summed E-state index contributed by atoms with van der Waals surface area (Å²) >= 11 is 6.40. The molecule has 0 saturated carbocycles. The summed E-state index contributed by atoms with van der Waals surface area (Å²) in [4.78, 5) is 22.4. The van der Waals surface area contributed by atoms with Crippen LogP contribution in [0.1, 0.15) is 71.2 Å². The molecule has 2 bridgehead atoms. The lowest BCUT2D eigenvalue weighted by Gasteiger charge is -2.40. The molecule has 2 aliphatic heterocycles. The fourth-order valence-corrected chi connectivity index (χ4v) is 6.22. The summed E-state index contributed by atoms with van der Waals surface area (Å²) < 4.78 is 2.48. The Balaban J connectivity index is 1.42. The van der Waals surface area contributed by atoms with Crippen molar-refractivity contribution in [1.29, 1.82) is 0 Å². The molecular weight excluding hydrogens is 482 g/mol. The number of imidazole rings is 1. The van der Waals surface area contributed by atoms with Crippen molar-refractivity contribution in [2.75, 3.05) is 19.6 Å². The van der Waals surface area contributed by atoms with Crippen molar-refractivity contribution in [2.45, 2.75) is 84.3 Å². The molecule has 2 amide bonds. The van der Waals surface area contributed by atoms with E-state index in [0.29, 0.717) is 36.2 Å². The maximum Gasteiger partial charge on any atom is 0.321 e. The number of aryl methyl sites for hydroxylation is 1. The Morgan fingerprint density at radius 2 is 1.95 bits per heavy atom. The number of fused-ring (bicyclic) bond motifs is 3. The quantitative estimate of drug-likeness (QED) is 0.343. The predicted molar refractivity (Wildman–Crippen MR) is 154 cm³/mol. The third-order valence-corrected chi connectivity index (χ3v) is 8.29. The van der Waals surface area contributed by atoms with Crippen LogP contribution in [0.2, 0.25) is 0 Å². The molecule has 0 radical (unpaired) electrons. The average molecular weight is 524 g/mol. The van der Waals surface area contributed by atoms with Crippen LogP contribution in [0.3, 0.4) is 0 Å². The Kier molecular flexibility index (Phi) is 9.14. The third-order valence-electron chi connectivity index (χ3n) is 7.86. The minimum absolute atomic E-state index is 0.0680. The molecule has 37 heavy (non-hydrogen) atoms. The van der Waals surface area contributed by atoms with E-state index in [0.717, 1.165) is 54.8 Å². The lowest BCUT2D eigenvalue weighted by atomic mass is 9.96. The SMILES string of the molecule is C=C(C)/C(Cl)=C\C(=C/C)N(CCCN1[C@@H]2CC[C@H]1CC(n1c(C)nc3ccccc31)C2)C(=O)NCCC. The van der Waals surface area contributed by atoms with E-state index in [1.54, 1.807) is 0 Å². The minimum atomic E-state index is -0.0680. The van der Waals surface area contributed by atoms with E-state index >= 15 is 0 Å². The first kappa shape index (κ1) is 27.5. The number of amides is 2. The molecule has 2 aliphatic rings. The van der Waals surface area contributed by atoms with Gasteiger partial charge in [-0.2, -0.15) is 0 Å². The normalized spacial score (nSPS) is 22.5. The smallest absolute Gasteiger partial charge is 0.321 e. The Morgan fingerprint density at radius 1 is 1.24 bits per heavy atom. The van der Waals surface area contributed by atoms with E-state index < -0.39 is 0 Å². The number of urea groups is 1. The third kappa shape index (κ3) is 6.12. The maximum absolute atomic E-state index is 13.0. The van der Waals surface area contributed by atoms with E-state index in [-0.39, 0.29) is 6.03 Å². The van der Waals surface area contributed by atoms with Gasteiger partial charge in [-0.25, -0.2) is 9.78 Å². The molecule has 2 aromatic rings. The first-order chi connectivity index (χ1) is 17.8. The number of nitrogens with one attached hydrogen (secondary N) is 1. The Labute approximate surface area is 227 Å². The second-order valence-electron chi connectivity index (χ2n) is 10.5. The number of hydrogen-bond donors (Lipinski definition) is 1. The van der Waals surface area contributed by atoms with Gasteiger partial charge >= 0.3 is 6.03 Å². The van der Waals surface area contributed by atoms with E-state index in [9.17, 15) is 4.79 Å². The fraction of sp³-hybridized carbons (Fsp3) is 0.533. The van der Waals surface area contributed by atoms with Crippen LogP contribution in [0.15, 0.2) is 59.3 Å². The van der Waals surface area contributed by atoms with Gasteiger partial charge in [-0.3, -0.25) is 9.80 Å². The molecule has 2 fully saturated rings. The van der Waals surface area contributed by atoms with E-state index in [2.05, 4.69) is 59.5 Å². The maximum atomic E-state index is 13.0. The lowest BCUT2D eigenvalue weighted by Crippen LogP contribution is -2.45. The van der Waals surface area contributed by atoms with Gasteiger partial charge in [0.1, 0.15) is 5.82 Å². The highest BCUT2D eigenvalue weighted by Crippen LogP contribution is 2.42. The number of hydrogen-bond acceptors (Lipinski definition) is 3. The van der Waals surface area contributed by atoms with Gasteiger partial charge in [0.25, 0.3) is 0 Å². The zero-order valence-electron chi connectivity index (χ0n) is 22.8. The van der Waals surface area contributed by atoms with Gasteiger partial charge in [-0.1, -0.05) is 43.3 Å². The summed E-state index contributed by atoms with van der Waals surface area (Å²) in [5.41, 5.74) is 3.95. The highest BCUT2D eigenvalue weighted by molar-refractivity contribution is 6.32. The summed E-state index contributed by atoms with van der Waals surface area (Å²) in [6.07, 6.45) is 10.4. The molecule has 1 N–H and O–H groups in total. The molecule has 6 nitrogen and oxygen atoms in total. The van der Waals surface area contributed by atoms with Crippen LogP contribution in [0.5, 0.6) is 0 Å². The molecule has 3 atom stereocenters. The Morgan fingerprint density at radius 3 is 2.59 bits per heavy atom. The summed E-state index contributed by atoms with van der Waals surface area (Å²) in [6.45, 7) is 14.3. The molecule has 1 aromatic heterocycles. The molecular formula is C30H42ClN5O. The number of halogens is 1. The second-order valence-corrected chi connectivity index (χ2v) is 10.9. The van der Waals surface area contributed by atoms with E-state index in [1.165, 1.54) is 18.4 Å². The van der Waals surface area contributed by atoms with E-state index in [1.807, 2.05) is 30.9 Å². The number of aromatic nitrogens is 2. The van der Waals surface area contributed by atoms with Gasteiger partial charge in [0, 0.05) is 48.5 Å². The predicted octanol–water partition coefficient (Wildman–Crippen LogP) is 6.93. The summed E-state index contributed by atoms with van der Waals surface area (Å²) in [6, 6.07) is 10.1. The lowest BCUT2D eigenvalue weighted by molar-refractivity contribution is 0.104. The van der Waals surface area contributed by atoms with Gasteiger partial charge in [0.15, 0.2) is 0 Å². The average Bonchev–Trinajstić information content (AvgIpc) is 3.34. The molecule has 4 rings (SSSR count). The summed E-state index contributed by atoms with van der Waals surface area (Å²) in [5, 5.41) is 3.61. The van der Waals surface area contributed by atoms with Gasteiger partial charge in [-0.05, 0) is 83.1 Å². The highest BCUT2D eigenvalue weighted by atomic mass is 35.5. The van der Waals surface area contributed by atoms with Crippen molar-refractivity contribution < 1.29 is 4.79 Å². The number of carbonyl (C=O) groups is 1. The van der Waals surface area contributed by atoms with Crippen molar-refractivity contribution in [3.05, 3.63) is 65.1 Å². The van der Waals surface area contributed by atoms with Crippen LogP contribution in [-0.2, 0) is 0 Å². The second kappa shape index (κ2) is 12.3. The molecule has 7 heteroatoms. The van der Waals surface area contributed by atoms with Crippen molar-refractivity contribution in [3.8, 4) is 0 Å². The van der Waals surface area contributed by atoms with Gasteiger partial charge in [0.05, 0.1) is 11.0 Å². The van der Waals surface area contributed by atoms with Crippen molar-refractivity contribution in [1.82, 2.24) is 24.7 Å². The molecule has 0 aliphatic carbocycles. The minimum Gasteiger partial charge on any atom is -0.338 e. The zero-order chi connectivity index (χ0) is 26.5. The first-order valence-corrected chi connectivity index (χ1v) is 14.2. The molecule has 0 spiro atoms. The standard InChI is InChI=1S/C30H42ClN5O/c1-6-15-32-30(37)35(23(7-2)20-27(31)21(3)4)17-10-16-34-24-13-14-25(34)19-26(18-24)36-22(5)33-28-11-8-9-12-29(28)36/h7-9,11-12,20,24-26H,3,6,10,13-19H2,1-2,4-5H3,(H,32,37)/b23-7+,27-20+/t24-,25+,26?. The molecule has 1 aromatic carbocycles. The zero-order valence-corrected chi connectivity index (χ0v) is 23.6. The van der Waals surface area contributed by atoms with Crippen LogP contribution in [0.25, 0.3) is 11.0 Å². The summed E-state index contributed by atoms with van der Waals surface area (Å²) in [5.74, 6) is 1.12. The monoisotopic (exact) mass is 523 g/mol. The van der Waals surface area contributed by atoms with Crippen LogP contribution >= 0.6 is 11.6 Å². The van der Waals surface area contributed by atoms with Crippen molar-refractivity contribution in [3.63, 3.8) is 0 Å². The molecule has 1 unspecified atom stereocenters. The number of allylic oxidation sites excluding steroid dienone is 4. The number of para-hydroxylation sites is 2. The highest BCUT2D eigenvalue weighted by Gasteiger charge is 2.41. The van der Waals surface area contributed by atoms with Gasteiger partial charge < -0.3 is 9.88 Å². The van der Waals surface area contributed by atoms with Crippen molar-refractivity contribution >= 4 is 28.7 Å². The number of carbonyl (C=O) groups excluding carboxylic acids is 1.